The standard InChI is InChI=1S/C21H26N6O/c1-15-18(16(2)26(3)25-15)13-23-21-22-10-9-20(24-21)27-11-12-28-14-19(27)17-7-5-4-6-8-17/h4-10,19H,11-14H2,1-3H3,(H,22,23,24)/t19-/m1/s1. The molecule has 146 valence electrons. The minimum absolute atomic E-state index is 0.153. The van der Waals surface area contributed by atoms with Crippen molar-refractivity contribution in [2.75, 3.05) is 30.0 Å². The summed E-state index contributed by atoms with van der Waals surface area (Å²) in [7, 11) is 1.96. The number of morpholine rings is 1. The summed E-state index contributed by atoms with van der Waals surface area (Å²) >= 11 is 0. The first-order valence-corrected chi connectivity index (χ1v) is 9.59. The lowest BCUT2D eigenvalue weighted by Crippen LogP contribution is -2.40. The van der Waals surface area contributed by atoms with E-state index in [4.69, 9.17) is 9.72 Å². The second kappa shape index (κ2) is 7.98. The largest absolute Gasteiger partial charge is 0.377 e. The molecule has 4 rings (SSSR count). The van der Waals surface area contributed by atoms with Gasteiger partial charge in [-0.3, -0.25) is 4.68 Å². The molecule has 7 nitrogen and oxygen atoms in total. The fraction of sp³-hybridized carbons (Fsp3) is 0.381. The highest BCUT2D eigenvalue weighted by Crippen LogP contribution is 2.28. The van der Waals surface area contributed by atoms with Crippen molar-refractivity contribution in [3.8, 4) is 0 Å². The van der Waals surface area contributed by atoms with Crippen LogP contribution in [0.4, 0.5) is 11.8 Å². The van der Waals surface area contributed by atoms with Crippen LogP contribution in [0.1, 0.15) is 28.6 Å². The Morgan fingerprint density at radius 3 is 2.75 bits per heavy atom. The zero-order valence-electron chi connectivity index (χ0n) is 16.6. The average molecular weight is 378 g/mol. The van der Waals surface area contributed by atoms with E-state index in [2.05, 4.69) is 51.5 Å². The monoisotopic (exact) mass is 378 g/mol. The summed E-state index contributed by atoms with van der Waals surface area (Å²) in [6.45, 7) is 6.91. The van der Waals surface area contributed by atoms with E-state index < -0.39 is 0 Å². The van der Waals surface area contributed by atoms with Gasteiger partial charge in [-0.15, -0.1) is 0 Å². The van der Waals surface area contributed by atoms with Crippen molar-refractivity contribution in [3.05, 3.63) is 65.1 Å². The Morgan fingerprint density at radius 1 is 1.18 bits per heavy atom. The van der Waals surface area contributed by atoms with Crippen LogP contribution in [0.3, 0.4) is 0 Å². The van der Waals surface area contributed by atoms with Crippen molar-refractivity contribution in [3.63, 3.8) is 0 Å². The zero-order chi connectivity index (χ0) is 19.5. The molecule has 0 bridgehead atoms. The molecule has 0 spiro atoms. The number of nitrogens with one attached hydrogen (secondary N) is 1. The van der Waals surface area contributed by atoms with Crippen LogP contribution in [0.15, 0.2) is 42.6 Å². The highest BCUT2D eigenvalue weighted by atomic mass is 16.5. The van der Waals surface area contributed by atoms with Gasteiger partial charge in [0, 0.05) is 37.6 Å². The maximum atomic E-state index is 5.74. The molecule has 3 heterocycles. The molecule has 1 saturated heterocycles. The Bertz CT molecular complexity index is 939. The van der Waals surface area contributed by atoms with Crippen molar-refractivity contribution in [2.45, 2.75) is 26.4 Å². The molecule has 1 atom stereocenters. The molecular formula is C21H26N6O. The summed E-state index contributed by atoms with van der Waals surface area (Å²) in [5, 5.41) is 7.83. The van der Waals surface area contributed by atoms with Gasteiger partial charge in [-0.2, -0.15) is 10.1 Å². The topological polar surface area (TPSA) is 68.1 Å². The molecule has 1 N–H and O–H groups in total. The molecule has 1 aliphatic heterocycles. The molecule has 7 heteroatoms. The van der Waals surface area contributed by atoms with Crippen LogP contribution in [0.2, 0.25) is 0 Å². The first-order chi connectivity index (χ1) is 13.6. The number of hydrogen-bond donors (Lipinski definition) is 1. The van der Waals surface area contributed by atoms with Gasteiger partial charge in [0.25, 0.3) is 0 Å². The van der Waals surface area contributed by atoms with Crippen LogP contribution in [-0.4, -0.2) is 39.5 Å². The maximum absolute atomic E-state index is 5.74. The van der Waals surface area contributed by atoms with Gasteiger partial charge in [0.1, 0.15) is 5.82 Å². The number of ether oxygens (including phenoxy) is 1. The molecule has 0 unspecified atom stereocenters. The van der Waals surface area contributed by atoms with Crippen LogP contribution in [0.25, 0.3) is 0 Å². The summed E-state index contributed by atoms with van der Waals surface area (Å²) in [5.41, 5.74) is 4.60. The van der Waals surface area contributed by atoms with E-state index >= 15 is 0 Å². The lowest BCUT2D eigenvalue weighted by Gasteiger charge is -2.36. The van der Waals surface area contributed by atoms with Crippen LogP contribution in [0, 0.1) is 13.8 Å². The molecule has 1 aliphatic rings. The third kappa shape index (κ3) is 3.71. The molecule has 3 aromatic rings. The highest BCUT2D eigenvalue weighted by molar-refractivity contribution is 5.46. The van der Waals surface area contributed by atoms with Crippen molar-refractivity contribution < 1.29 is 4.74 Å². The number of benzene rings is 1. The smallest absolute Gasteiger partial charge is 0.224 e. The first kappa shape index (κ1) is 18.4. The molecule has 28 heavy (non-hydrogen) atoms. The molecule has 2 aromatic heterocycles. The molecular weight excluding hydrogens is 352 g/mol. The summed E-state index contributed by atoms with van der Waals surface area (Å²) in [6.07, 6.45) is 1.81. The Kier molecular flexibility index (Phi) is 5.25. The first-order valence-electron chi connectivity index (χ1n) is 9.59. The molecule has 0 radical (unpaired) electrons. The number of aryl methyl sites for hydroxylation is 2. The van der Waals surface area contributed by atoms with E-state index in [-0.39, 0.29) is 6.04 Å². The van der Waals surface area contributed by atoms with E-state index in [0.29, 0.717) is 25.7 Å². The predicted molar refractivity (Wildman–Crippen MR) is 109 cm³/mol. The van der Waals surface area contributed by atoms with Crippen molar-refractivity contribution in [1.29, 1.82) is 0 Å². The third-order valence-electron chi connectivity index (χ3n) is 5.33. The SMILES string of the molecule is Cc1nn(C)c(C)c1CNc1nccc(N2CCOC[C@@H]2c2ccccc2)n1. The molecule has 1 fully saturated rings. The number of nitrogens with zero attached hydrogens (tertiary/aromatic N) is 5. The van der Waals surface area contributed by atoms with E-state index in [1.165, 1.54) is 11.1 Å². The summed E-state index contributed by atoms with van der Waals surface area (Å²) < 4.78 is 7.65. The van der Waals surface area contributed by atoms with E-state index in [1.54, 1.807) is 0 Å². The van der Waals surface area contributed by atoms with Gasteiger partial charge < -0.3 is 15.0 Å². The molecule has 1 aromatic carbocycles. The van der Waals surface area contributed by atoms with Crippen LogP contribution in [0.5, 0.6) is 0 Å². The average Bonchev–Trinajstić information content (AvgIpc) is 2.98. The Hall–Kier alpha value is -2.93. The number of anilines is 2. The van der Waals surface area contributed by atoms with Crippen molar-refractivity contribution in [1.82, 2.24) is 19.7 Å². The van der Waals surface area contributed by atoms with Crippen molar-refractivity contribution >= 4 is 11.8 Å². The Morgan fingerprint density at radius 2 is 2.00 bits per heavy atom. The third-order valence-corrected chi connectivity index (χ3v) is 5.33. The predicted octanol–water partition coefficient (Wildman–Crippen LogP) is 3.02. The fourth-order valence-electron chi connectivity index (χ4n) is 3.66. The Labute approximate surface area is 165 Å². The number of hydrogen-bond acceptors (Lipinski definition) is 6. The maximum Gasteiger partial charge on any atom is 0.224 e. The normalized spacial score (nSPS) is 17.0. The van der Waals surface area contributed by atoms with E-state index in [1.807, 2.05) is 37.0 Å². The van der Waals surface area contributed by atoms with Crippen LogP contribution < -0.4 is 10.2 Å². The van der Waals surface area contributed by atoms with Crippen LogP contribution in [-0.2, 0) is 18.3 Å². The summed E-state index contributed by atoms with van der Waals surface area (Å²) in [6, 6.07) is 12.6. The van der Waals surface area contributed by atoms with Crippen molar-refractivity contribution in [2.24, 2.45) is 7.05 Å². The quantitative estimate of drug-likeness (QED) is 0.736. The van der Waals surface area contributed by atoms with Gasteiger partial charge in [0.2, 0.25) is 5.95 Å². The lowest BCUT2D eigenvalue weighted by atomic mass is 10.1. The minimum Gasteiger partial charge on any atom is -0.377 e. The Balaban J connectivity index is 1.54. The second-order valence-corrected chi connectivity index (χ2v) is 7.06. The summed E-state index contributed by atoms with van der Waals surface area (Å²) in [4.78, 5) is 11.5. The van der Waals surface area contributed by atoms with Crippen LogP contribution >= 0.6 is 0 Å². The highest BCUT2D eigenvalue weighted by Gasteiger charge is 2.26. The lowest BCUT2D eigenvalue weighted by molar-refractivity contribution is 0.0937. The number of rotatable bonds is 5. The number of aromatic nitrogens is 4. The molecule has 0 aliphatic carbocycles. The molecule has 0 amide bonds. The fourth-order valence-corrected chi connectivity index (χ4v) is 3.66. The van der Waals surface area contributed by atoms with Gasteiger partial charge in [0.05, 0.1) is 24.9 Å². The van der Waals surface area contributed by atoms with Gasteiger partial charge in [0.15, 0.2) is 0 Å². The van der Waals surface area contributed by atoms with E-state index in [9.17, 15) is 0 Å². The summed E-state index contributed by atoms with van der Waals surface area (Å²) in [5.74, 6) is 1.53. The van der Waals surface area contributed by atoms with Gasteiger partial charge in [-0.1, -0.05) is 30.3 Å². The van der Waals surface area contributed by atoms with Gasteiger partial charge >= 0.3 is 0 Å². The van der Waals surface area contributed by atoms with Gasteiger partial charge in [-0.05, 0) is 25.5 Å². The minimum atomic E-state index is 0.153. The second-order valence-electron chi connectivity index (χ2n) is 7.06. The zero-order valence-corrected chi connectivity index (χ0v) is 16.6. The van der Waals surface area contributed by atoms with E-state index in [0.717, 1.165) is 23.8 Å². The molecule has 0 saturated carbocycles. The van der Waals surface area contributed by atoms with Gasteiger partial charge in [-0.25, -0.2) is 4.98 Å².